The fraction of sp³-hybridized carbons (Fsp3) is 0.833. The maximum atomic E-state index is 12.6. The molecule has 1 saturated carbocycles. The van der Waals surface area contributed by atoms with Gasteiger partial charge in [0.05, 0.1) is 18.0 Å². The number of anilines is 1. The Bertz CT molecular complexity index is 632. The van der Waals surface area contributed by atoms with E-state index in [0.717, 1.165) is 24.2 Å². The molecule has 1 amide bonds. The van der Waals surface area contributed by atoms with Crippen LogP contribution in [-0.4, -0.2) is 69.7 Å². The van der Waals surface area contributed by atoms with Gasteiger partial charge in [0.25, 0.3) is 0 Å². The highest BCUT2D eigenvalue weighted by Gasteiger charge is 2.33. The first kappa shape index (κ1) is 18.1. The maximum absolute atomic E-state index is 12.6. The summed E-state index contributed by atoms with van der Waals surface area (Å²) in [5, 5.41) is 9.83. The summed E-state index contributed by atoms with van der Waals surface area (Å²) in [6, 6.07) is 0.517. The molecule has 2 atom stereocenters. The molecule has 144 valence electrons. The highest BCUT2D eigenvalue weighted by molar-refractivity contribution is 7.99. The van der Waals surface area contributed by atoms with Gasteiger partial charge in [-0.2, -0.15) is 0 Å². The zero-order valence-corrected chi connectivity index (χ0v) is 16.6. The van der Waals surface area contributed by atoms with Crippen molar-refractivity contribution in [3.05, 3.63) is 0 Å². The molecule has 0 N–H and O–H groups in total. The van der Waals surface area contributed by atoms with E-state index in [2.05, 4.69) is 19.7 Å². The molecular weight excluding hydrogens is 350 g/mol. The van der Waals surface area contributed by atoms with E-state index in [1.54, 1.807) is 0 Å². The zero-order chi connectivity index (χ0) is 18.1. The molecule has 2 aliphatic heterocycles. The van der Waals surface area contributed by atoms with Gasteiger partial charge in [-0.05, 0) is 46.0 Å². The first-order chi connectivity index (χ1) is 12.6. The summed E-state index contributed by atoms with van der Waals surface area (Å²) in [6.07, 6.45) is 6.36. The third kappa shape index (κ3) is 4.01. The Morgan fingerprint density at radius 1 is 1.12 bits per heavy atom. The van der Waals surface area contributed by atoms with Crippen LogP contribution >= 0.6 is 11.8 Å². The second kappa shape index (κ2) is 7.76. The van der Waals surface area contributed by atoms with Crippen molar-refractivity contribution < 1.29 is 9.53 Å². The van der Waals surface area contributed by atoms with Gasteiger partial charge >= 0.3 is 0 Å². The summed E-state index contributed by atoms with van der Waals surface area (Å²) in [6.45, 7) is 7.54. The first-order valence-corrected chi connectivity index (χ1v) is 10.9. The second-order valence-electron chi connectivity index (χ2n) is 7.78. The number of carbonyl (C=O) groups is 1. The van der Waals surface area contributed by atoms with Crippen molar-refractivity contribution in [1.82, 2.24) is 19.7 Å². The number of thioether (sulfide) groups is 1. The second-order valence-corrected chi connectivity index (χ2v) is 8.72. The van der Waals surface area contributed by atoms with E-state index in [0.29, 0.717) is 24.9 Å². The van der Waals surface area contributed by atoms with Gasteiger partial charge in [-0.3, -0.25) is 9.36 Å². The highest BCUT2D eigenvalue weighted by Crippen LogP contribution is 2.41. The topological polar surface area (TPSA) is 63.5 Å². The van der Waals surface area contributed by atoms with Crippen LogP contribution in [0, 0.1) is 0 Å². The van der Waals surface area contributed by atoms with Crippen LogP contribution in [0.2, 0.25) is 0 Å². The molecule has 0 radical (unpaired) electrons. The van der Waals surface area contributed by atoms with Crippen LogP contribution in [0.5, 0.6) is 0 Å². The molecule has 3 aliphatic rings. The lowest BCUT2D eigenvalue weighted by Gasteiger charge is -2.35. The van der Waals surface area contributed by atoms with E-state index in [1.807, 2.05) is 18.7 Å². The predicted octanol–water partition coefficient (Wildman–Crippen LogP) is 2.33. The van der Waals surface area contributed by atoms with E-state index < -0.39 is 0 Å². The van der Waals surface area contributed by atoms with Gasteiger partial charge in [0, 0.05) is 32.2 Å². The molecule has 1 aromatic heterocycles. The van der Waals surface area contributed by atoms with Gasteiger partial charge < -0.3 is 14.5 Å². The number of piperidine rings is 1. The van der Waals surface area contributed by atoms with Crippen molar-refractivity contribution in [2.45, 2.75) is 69.4 Å². The number of aromatic nitrogens is 3. The fourth-order valence-electron chi connectivity index (χ4n) is 3.93. The van der Waals surface area contributed by atoms with E-state index in [4.69, 9.17) is 4.74 Å². The summed E-state index contributed by atoms with van der Waals surface area (Å²) in [5.41, 5.74) is 0. The molecule has 0 spiro atoms. The lowest BCUT2D eigenvalue weighted by molar-refractivity contribution is -0.140. The summed E-state index contributed by atoms with van der Waals surface area (Å²) >= 11 is 1.54. The van der Waals surface area contributed by atoms with Gasteiger partial charge in [-0.15, -0.1) is 10.2 Å². The van der Waals surface area contributed by atoms with E-state index in [1.165, 1.54) is 43.9 Å². The number of hydrogen-bond acceptors (Lipinski definition) is 6. The van der Waals surface area contributed by atoms with E-state index in [-0.39, 0.29) is 18.1 Å². The van der Waals surface area contributed by atoms with E-state index >= 15 is 0 Å². The minimum absolute atomic E-state index is 0.105. The third-order valence-corrected chi connectivity index (χ3v) is 6.22. The SMILES string of the molecule is CC1CN(C(=O)CSc2nnc(N3CCCCC3)n2C2CC2)CC(C)O1. The standard InChI is InChI=1S/C18H29N5O2S/c1-13-10-22(11-14(2)25-13)16(24)12-26-18-20-19-17(23(18)15-6-7-15)21-8-4-3-5-9-21/h13-15H,3-12H2,1-2H3. The quantitative estimate of drug-likeness (QED) is 0.732. The zero-order valence-electron chi connectivity index (χ0n) is 15.8. The molecule has 3 fully saturated rings. The molecule has 26 heavy (non-hydrogen) atoms. The largest absolute Gasteiger partial charge is 0.372 e. The van der Waals surface area contributed by atoms with Gasteiger partial charge in [0.2, 0.25) is 11.9 Å². The average Bonchev–Trinajstić information content (AvgIpc) is 3.38. The Morgan fingerprint density at radius 3 is 2.46 bits per heavy atom. The van der Waals surface area contributed by atoms with Crippen molar-refractivity contribution in [3.8, 4) is 0 Å². The van der Waals surface area contributed by atoms with Gasteiger partial charge in [-0.1, -0.05) is 11.8 Å². The molecule has 4 rings (SSSR count). The molecule has 7 nitrogen and oxygen atoms in total. The van der Waals surface area contributed by atoms with Gasteiger partial charge in [0.15, 0.2) is 5.16 Å². The van der Waals surface area contributed by atoms with Crippen molar-refractivity contribution in [2.24, 2.45) is 0 Å². The van der Waals surface area contributed by atoms with Crippen LogP contribution in [-0.2, 0) is 9.53 Å². The monoisotopic (exact) mass is 379 g/mol. The van der Waals surface area contributed by atoms with Crippen LogP contribution in [0.15, 0.2) is 5.16 Å². The van der Waals surface area contributed by atoms with Gasteiger partial charge in [-0.25, -0.2) is 0 Å². The molecule has 2 saturated heterocycles. The number of nitrogens with zero attached hydrogens (tertiary/aromatic N) is 5. The van der Waals surface area contributed by atoms with Crippen molar-refractivity contribution >= 4 is 23.6 Å². The molecule has 3 heterocycles. The number of ether oxygens (including phenoxy) is 1. The lowest BCUT2D eigenvalue weighted by Crippen LogP contribution is -2.48. The maximum Gasteiger partial charge on any atom is 0.233 e. The van der Waals surface area contributed by atoms with Crippen LogP contribution in [0.4, 0.5) is 5.95 Å². The molecule has 0 bridgehead atoms. The van der Waals surface area contributed by atoms with Crippen LogP contribution in [0.3, 0.4) is 0 Å². The minimum atomic E-state index is 0.105. The Hall–Kier alpha value is -1.28. The highest BCUT2D eigenvalue weighted by atomic mass is 32.2. The molecule has 1 aromatic rings. The summed E-state index contributed by atoms with van der Waals surface area (Å²) < 4.78 is 8.01. The summed E-state index contributed by atoms with van der Waals surface area (Å²) in [4.78, 5) is 16.9. The Labute approximate surface area is 159 Å². The van der Waals surface area contributed by atoms with Crippen molar-refractivity contribution in [2.75, 3.05) is 36.8 Å². The number of amides is 1. The van der Waals surface area contributed by atoms with Crippen LogP contribution in [0.1, 0.15) is 52.0 Å². The molecule has 8 heteroatoms. The first-order valence-electron chi connectivity index (χ1n) is 9.87. The predicted molar refractivity (Wildman–Crippen MR) is 102 cm³/mol. The van der Waals surface area contributed by atoms with Crippen molar-refractivity contribution in [3.63, 3.8) is 0 Å². The van der Waals surface area contributed by atoms with Crippen LogP contribution < -0.4 is 4.90 Å². The van der Waals surface area contributed by atoms with Gasteiger partial charge in [0.1, 0.15) is 0 Å². The Balaban J connectivity index is 1.41. The summed E-state index contributed by atoms with van der Waals surface area (Å²) in [5.74, 6) is 1.60. The normalized spacial score (nSPS) is 27.0. The number of carbonyl (C=O) groups excluding carboxylic acids is 1. The minimum Gasteiger partial charge on any atom is -0.372 e. The average molecular weight is 380 g/mol. The van der Waals surface area contributed by atoms with Crippen molar-refractivity contribution in [1.29, 1.82) is 0 Å². The fourth-order valence-corrected chi connectivity index (χ4v) is 4.83. The summed E-state index contributed by atoms with van der Waals surface area (Å²) in [7, 11) is 0. The number of morpholine rings is 1. The smallest absolute Gasteiger partial charge is 0.233 e. The third-order valence-electron chi connectivity index (χ3n) is 5.29. The Morgan fingerprint density at radius 2 is 1.81 bits per heavy atom. The molecule has 2 unspecified atom stereocenters. The van der Waals surface area contributed by atoms with Crippen LogP contribution in [0.25, 0.3) is 0 Å². The molecular formula is C18H29N5O2S. The Kier molecular flexibility index (Phi) is 5.40. The molecule has 1 aliphatic carbocycles. The number of hydrogen-bond donors (Lipinski definition) is 0. The lowest BCUT2D eigenvalue weighted by atomic mass is 10.1. The van der Waals surface area contributed by atoms with E-state index in [9.17, 15) is 4.79 Å². The number of rotatable bonds is 5. The molecule has 0 aromatic carbocycles.